The van der Waals surface area contributed by atoms with E-state index in [1.807, 2.05) is 4.90 Å². The molecule has 3 aliphatic heterocycles. The fraction of sp³-hybridized carbons (Fsp3) is 0.500. The molecule has 2 atom stereocenters. The second-order valence-corrected chi connectivity index (χ2v) is 15.4. The first-order valence-electron chi connectivity index (χ1n) is 16.9. The highest BCUT2D eigenvalue weighted by Crippen LogP contribution is 2.39. The van der Waals surface area contributed by atoms with Gasteiger partial charge in [0.2, 0.25) is 21.9 Å². The number of nitrogens with zero attached hydrogens (tertiary/aromatic N) is 5. The Morgan fingerprint density at radius 1 is 0.961 bits per heavy atom. The number of carbonyl (C=O) groups excluding carboxylic acids is 1. The van der Waals surface area contributed by atoms with Crippen LogP contribution >= 0.6 is 0 Å². The predicted molar refractivity (Wildman–Crippen MR) is 178 cm³/mol. The molecule has 3 fully saturated rings. The third-order valence-corrected chi connectivity index (χ3v) is 12.0. The van der Waals surface area contributed by atoms with Crippen molar-refractivity contribution < 1.29 is 45.1 Å². The zero-order valence-electron chi connectivity index (χ0n) is 27.7. The Labute approximate surface area is 292 Å². The van der Waals surface area contributed by atoms with Gasteiger partial charge in [0, 0.05) is 63.6 Å². The van der Waals surface area contributed by atoms with Crippen molar-refractivity contribution in [1.29, 1.82) is 0 Å². The number of carboxylic acids is 1. The Balaban J connectivity index is 1.24. The molecule has 3 saturated heterocycles. The Bertz CT molecular complexity index is 1860. The minimum Gasteiger partial charge on any atom is -0.481 e. The monoisotopic (exact) mass is 738 g/mol. The zero-order chi connectivity index (χ0) is 36.5. The van der Waals surface area contributed by atoms with E-state index in [-0.39, 0.29) is 74.1 Å². The van der Waals surface area contributed by atoms with Crippen LogP contribution in [0.1, 0.15) is 49.1 Å². The van der Waals surface area contributed by atoms with Gasteiger partial charge >= 0.3 is 12.1 Å². The van der Waals surface area contributed by atoms with Crippen molar-refractivity contribution >= 4 is 33.5 Å². The minimum atomic E-state index is -4.64. The van der Waals surface area contributed by atoms with Crippen LogP contribution in [0.2, 0.25) is 0 Å². The molecule has 6 rings (SSSR count). The van der Waals surface area contributed by atoms with Gasteiger partial charge < -0.3 is 14.9 Å². The molecule has 2 aromatic carbocycles. The Morgan fingerprint density at radius 3 is 2.35 bits per heavy atom. The number of benzene rings is 2. The first kappa shape index (κ1) is 36.7. The zero-order valence-corrected chi connectivity index (χ0v) is 28.5. The quantitative estimate of drug-likeness (QED) is 0.265. The summed E-state index contributed by atoms with van der Waals surface area (Å²) in [5.74, 6) is -5.40. The average molecular weight is 739 g/mol. The number of likely N-dealkylation sites (tertiary alicyclic amines) is 1. The van der Waals surface area contributed by atoms with Crippen LogP contribution < -0.4 is 10.2 Å². The van der Waals surface area contributed by atoms with Crippen molar-refractivity contribution in [1.82, 2.24) is 18.8 Å². The molecule has 0 bridgehead atoms. The van der Waals surface area contributed by atoms with Gasteiger partial charge in [0.1, 0.15) is 11.6 Å². The molecule has 0 unspecified atom stereocenters. The number of carboxylic acid groups (broad SMARTS) is 1. The molecule has 0 spiro atoms. The number of anilines is 2. The fourth-order valence-corrected chi connectivity index (χ4v) is 8.90. The van der Waals surface area contributed by atoms with E-state index in [1.165, 1.54) is 33.4 Å². The smallest absolute Gasteiger partial charge is 0.416 e. The number of piperidine rings is 1. The van der Waals surface area contributed by atoms with Gasteiger partial charge in [-0.15, -0.1) is 0 Å². The fourth-order valence-electron chi connectivity index (χ4n) is 7.33. The van der Waals surface area contributed by atoms with Crippen molar-refractivity contribution in [3.8, 4) is 5.69 Å². The maximum atomic E-state index is 15.1. The van der Waals surface area contributed by atoms with Crippen LogP contribution in [-0.4, -0.2) is 95.7 Å². The standard InChI is InChI=1S/C34H39F5N6O5S/c35-24-5-6-25(28(36)19-24)26-20-42(11-3-17-51(49,50)44-12-1-2-13-44)21-27(26)31(46)41-33-40-10-16-45(33)29-7-4-23(34(37,38)39)18-30(29)43-14-8-22(9-15-43)32(47)48/h4-7,10,16,18-19,22,26-27H,1-3,8-9,11-15,17,20-21H2,(H,47,48)(H,40,41,46)/t26-,27+/m0/s1. The third kappa shape index (κ3) is 8.20. The molecule has 3 aromatic rings. The number of rotatable bonds is 11. The molecular weight excluding hydrogens is 699 g/mol. The predicted octanol–water partition coefficient (Wildman–Crippen LogP) is 4.94. The number of sulfonamides is 1. The van der Waals surface area contributed by atoms with E-state index in [1.54, 1.807) is 4.90 Å². The molecule has 0 radical (unpaired) electrons. The number of imidazole rings is 1. The molecule has 276 valence electrons. The lowest BCUT2D eigenvalue weighted by Gasteiger charge is -2.34. The van der Waals surface area contributed by atoms with E-state index >= 15 is 4.39 Å². The van der Waals surface area contributed by atoms with E-state index in [0.29, 0.717) is 19.6 Å². The Morgan fingerprint density at radius 2 is 1.69 bits per heavy atom. The van der Waals surface area contributed by atoms with Crippen LogP contribution in [0.3, 0.4) is 0 Å². The number of halogens is 5. The summed E-state index contributed by atoms with van der Waals surface area (Å²) in [6.07, 6.45) is 0.599. The van der Waals surface area contributed by atoms with Gasteiger partial charge in [0.25, 0.3) is 0 Å². The maximum Gasteiger partial charge on any atom is 0.416 e. The number of alkyl halides is 3. The molecule has 1 amide bonds. The molecule has 4 heterocycles. The lowest BCUT2D eigenvalue weighted by atomic mass is 9.88. The average Bonchev–Trinajstić information content (AvgIpc) is 3.86. The first-order valence-corrected chi connectivity index (χ1v) is 18.5. The highest BCUT2D eigenvalue weighted by molar-refractivity contribution is 7.89. The number of hydrogen-bond donors (Lipinski definition) is 2. The summed E-state index contributed by atoms with van der Waals surface area (Å²) in [5, 5.41) is 12.2. The molecule has 2 N–H and O–H groups in total. The van der Waals surface area contributed by atoms with E-state index in [4.69, 9.17) is 0 Å². The first-order chi connectivity index (χ1) is 24.2. The largest absolute Gasteiger partial charge is 0.481 e. The van der Waals surface area contributed by atoms with Gasteiger partial charge in [0.05, 0.1) is 34.5 Å². The van der Waals surface area contributed by atoms with E-state index in [9.17, 15) is 40.7 Å². The summed E-state index contributed by atoms with van der Waals surface area (Å²) in [5.41, 5.74) is -0.306. The third-order valence-electron chi connectivity index (χ3n) is 10.1. The molecule has 0 aliphatic carbocycles. The molecule has 1 aromatic heterocycles. The molecule has 51 heavy (non-hydrogen) atoms. The minimum absolute atomic E-state index is 0.00471. The number of aromatic nitrogens is 2. The molecular formula is C34H39F5N6O5S. The summed E-state index contributed by atoms with van der Waals surface area (Å²) in [7, 11) is -3.43. The van der Waals surface area contributed by atoms with Crippen LogP contribution in [0.25, 0.3) is 5.69 Å². The normalized spacial score (nSPS) is 21.0. The molecule has 11 nitrogen and oxygen atoms in total. The van der Waals surface area contributed by atoms with Crippen LogP contribution in [0.5, 0.6) is 0 Å². The SMILES string of the molecule is O=C(O)C1CCN(c2cc(C(F)(F)F)ccc2-n2ccnc2NC(=O)[C@@H]2CN(CCCS(=O)(=O)N3CCCC3)C[C@H]2c2ccc(F)cc2F)CC1. The van der Waals surface area contributed by atoms with Crippen LogP contribution in [0.4, 0.5) is 33.6 Å². The topological polar surface area (TPSA) is 128 Å². The summed E-state index contributed by atoms with van der Waals surface area (Å²) >= 11 is 0. The van der Waals surface area contributed by atoms with Crippen LogP contribution in [0, 0.1) is 23.5 Å². The number of amides is 1. The highest BCUT2D eigenvalue weighted by Gasteiger charge is 2.40. The van der Waals surface area contributed by atoms with E-state index in [2.05, 4.69) is 10.3 Å². The maximum absolute atomic E-state index is 15.1. The summed E-state index contributed by atoms with van der Waals surface area (Å²) in [4.78, 5) is 33.3. The van der Waals surface area contributed by atoms with E-state index in [0.717, 1.165) is 37.1 Å². The molecule has 0 saturated carbocycles. The van der Waals surface area contributed by atoms with Crippen LogP contribution in [-0.2, 0) is 25.8 Å². The molecule has 3 aliphatic rings. The second-order valence-electron chi connectivity index (χ2n) is 13.3. The lowest BCUT2D eigenvalue weighted by Crippen LogP contribution is -2.37. The van der Waals surface area contributed by atoms with Crippen molar-refractivity contribution in [2.45, 2.75) is 44.2 Å². The number of nitrogens with one attached hydrogen (secondary N) is 1. The van der Waals surface area contributed by atoms with Gasteiger partial charge in [-0.05, 0) is 68.5 Å². The van der Waals surface area contributed by atoms with Crippen molar-refractivity contribution in [3.05, 3.63) is 71.6 Å². The van der Waals surface area contributed by atoms with Crippen molar-refractivity contribution in [3.63, 3.8) is 0 Å². The van der Waals surface area contributed by atoms with Gasteiger partial charge in [-0.2, -0.15) is 13.2 Å². The Kier molecular flexibility index (Phi) is 10.7. The Hall–Kier alpha value is -4.09. The van der Waals surface area contributed by atoms with Gasteiger partial charge in [-0.1, -0.05) is 6.07 Å². The van der Waals surface area contributed by atoms with Crippen molar-refractivity contribution in [2.24, 2.45) is 11.8 Å². The number of hydrogen-bond acceptors (Lipinski definition) is 7. The van der Waals surface area contributed by atoms with Crippen molar-refractivity contribution in [2.75, 3.05) is 61.8 Å². The number of carbonyl (C=O) groups is 2. The highest BCUT2D eigenvalue weighted by atomic mass is 32.2. The molecule has 17 heteroatoms. The lowest BCUT2D eigenvalue weighted by molar-refractivity contribution is -0.142. The van der Waals surface area contributed by atoms with Gasteiger partial charge in [-0.25, -0.2) is 26.5 Å². The summed E-state index contributed by atoms with van der Waals surface area (Å²) < 4.78 is 98.8. The van der Waals surface area contributed by atoms with Gasteiger partial charge in [0.15, 0.2) is 0 Å². The van der Waals surface area contributed by atoms with Gasteiger partial charge in [-0.3, -0.25) is 19.5 Å². The van der Waals surface area contributed by atoms with Crippen LogP contribution in [0.15, 0.2) is 48.8 Å². The van der Waals surface area contributed by atoms with E-state index < -0.39 is 63.0 Å². The summed E-state index contributed by atoms with van der Waals surface area (Å²) in [6, 6.07) is 6.32. The number of aliphatic carboxylic acids is 1. The second kappa shape index (κ2) is 14.9. The summed E-state index contributed by atoms with van der Waals surface area (Å²) in [6.45, 7) is 2.04.